The van der Waals surface area contributed by atoms with Crippen LogP contribution < -0.4 is 5.32 Å². The average molecular weight is 453 g/mol. The molecule has 0 saturated carbocycles. The summed E-state index contributed by atoms with van der Waals surface area (Å²) < 4.78 is 12.9. The maximum atomic E-state index is 6.47. The number of nitrogens with one attached hydrogen (secondary N) is 1. The summed E-state index contributed by atoms with van der Waals surface area (Å²) in [5.74, 6) is 0. The Balaban J connectivity index is 1.42. The van der Waals surface area contributed by atoms with Crippen molar-refractivity contribution in [2.75, 3.05) is 0 Å². The van der Waals surface area contributed by atoms with Gasteiger partial charge in [-0.15, -0.1) is 0 Å². The molecular weight excluding hydrogens is 432 g/mol. The molecule has 4 heteroatoms. The zero-order chi connectivity index (χ0) is 22.9. The quantitative estimate of drug-likeness (QED) is 0.291. The summed E-state index contributed by atoms with van der Waals surface area (Å²) in [6.07, 6.45) is 10.7. The van der Waals surface area contributed by atoms with E-state index in [2.05, 4.69) is 95.4 Å². The van der Waals surface area contributed by atoms with Gasteiger partial charge in [-0.2, -0.15) is 0 Å². The van der Waals surface area contributed by atoms with E-state index in [0.29, 0.717) is 0 Å². The third kappa shape index (κ3) is 2.68. The van der Waals surface area contributed by atoms with Crippen LogP contribution in [0.3, 0.4) is 0 Å². The number of hydrogen-bond donors (Lipinski definition) is 1. The first-order chi connectivity index (χ1) is 17.3. The molecule has 0 amide bonds. The van der Waals surface area contributed by atoms with Gasteiger partial charge >= 0.3 is 0 Å². The van der Waals surface area contributed by atoms with Crippen molar-refractivity contribution in [3.05, 3.63) is 115 Å². The predicted octanol–water partition coefficient (Wildman–Crippen LogP) is 7.77. The average Bonchev–Trinajstić information content (AvgIpc) is 3.60. The van der Waals surface area contributed by atoms with E-state index < -0.39 is 0 Å². The highest BCUT2D eigenvalue weighted by Crippen LogP contribution is 2.44. The lowest BCUT2D eigenvalue weighted by Gasteiger charge is -2.20. The summed E-state index contributed by atoms with van der Waals surface area (Å²) >= 11 is 0. The fourth-order valence-corrected chi connectivity index (χ4v) is 5.40. The summed E-state index contributed by atoms with van der Waals surface area (Å²) in [5.41, 5.74) is 7.73. The van der Waals surface area contributed by atoms with Crippen molar-refractivity contribution in [3.8, 4) is 11.1 Å². The standard InChI is InChI=1S/C31H20N2O2/c1-3-12-26-21(10-1)23-17-24-22-11-2-4-13-27(22)35-31(24)29(30(23)34-26)20-9-7-8-19(16-20)25-18-33-15-6-5-14-28(33)32-25/h1-18,28,32H. The minimum Gasteiger partial charge on any atom is -0.455 e. The molecule has 4 heterocycles. The van der Waals surface area contributed by atoms with Gasteiger partial charge in [-0.05, 0) is 47.5 Å². The third-order valence-electron chi connectivity index (χ3n) is 7.04. The second-order valence-electron chi connectivity index (χ2n) is 9.09. The second-order valence-corrected chi connectivity index (χ2v) is 9.09. The Morgan fingerprint density at radius 3 is 2.06 bits per heavy atom. The Bertz CT molecular complexity index is 1810. The van der Waals surface area contributed by atoms with Gasteiger partial charge in [-0.1, -0.05) is 60.7 Å². The molecule has 0 fully saturated rings. The van der Waals surface area contributed by atoms with Crippen LogP contribution in [0.15, 0.2) is 118 Å². The molecule has 2 aliphatic heterocycles. The molecule has 1 atom stereocenters. The first-order valence-electron chi connectivity index (χ1n) is 11.8. The maximum Gasteiger partial charge on any atom is 0.147 e. The molecule has 0 spiro atoms. The first kappa shape index (κ1) is 18.7. The maximum absolute atomic E-state index is 6.47. The van der Waals surface area contributed by atoms with Crippen LogP contribution in [0.4, 0.5) is 0 Å². The van der Waals surface area contributed by atoms with Crippen molar-refractivity contribution in [1.29, 1.82) is 0 Å². The Labute approximate surface area is 201 Å². The highest BCUT2D eigenvalue weighted by atomic mass is 16.3. The lowest BCUT2D eigenvalue weighted by atomic mass is 9.97. The summed E-state index contributed by atoms with van der Waals surface area (Å²) in [7, 11) is 0. The number of para-hydroxylation sites is 2. The third-order valence-corrected chi connectivity index (χ3v) is 7.04. The SMILES string of the molecule is C1=CC2NC(c3cccc(-c4c5oc6ccccc6c5cc5c4oc4ccccc45)c3)=CN2C=C1. The molecule has 1 N–H and O–H groups in total. The molecule has 8 rings (SSSR count). The molecule has 166 valence electrons. The monoisotopic (exact) mass is 452 g/mol. The highest BCUT2D eigenvalue weighted by Gasteiger charge is 2.24. The van der Waals surface area contributed by atoms with Gasteiger partial charge in [-0.25, -0.2) is 0 Å². The lowest BCUT2D eigenvalue weighted by Crippen LogP contribution is -2.31. The number of hydrogen-bond acceptors (Lipinski definition) is 4. The minimum atomic E-state index is 0.152. The van der Waals surface area contributed by atoms with Crippen molar-refractivity contribution in [1.82, 2.24) is 10.2 Å². The smallest absolute Gasteiger partial charge is 0.147 e. The Hall–Kier alpha value is -4.70. The molecule has 2 aromatic heterocycles. The van der Waals surface area contributed by atoms with Gasteiger partial charge in [0.15, 0.2) is 0 Å². The Kier molecular flexibility index (Phi) is 3.69. The topological polar surface area (TPSA) is 41.6 Å². The molecule has 2 aliphatic rings. The van der Waals surface area contributed by atoms with Gasteiger partial charge < -0.3 is 19.1 Å². The van der Waals surface area contributed by atoms with Crippen LogP contribution in [0.5, 0.6) is 0 Å². The van der Waals surface area contributed by atoms with E-state index in [1.165, 1.54) is 0 Å². The summed E-state index contributed by atoms with van der Waals surface area (Å²) in [4.78, 5) is 2.18. The molecule has 35 heavy (non-hydrogen) atoms. The van der Waals surface area contributed by atoms with Crippen molar-refractivity contribution < 1.29 is 8.83 Å². The van der Waals surface area contributed by atoms with E-state index in [-0.39, 0.29) is 6.17 Å². The molecule has 4 aromatic carbocycles. The molecule has 0 aliphatic carbocycles. The number of rotatable bonds is 2. The van der Waals surface area contributed by atoms with Crippen LogP contribution in [-0.2, 0) is 0 Å². The first-order valence-corrected chi connectivity index (χ1v) is 11.8. The van der Waals surface area contributed by atoms with Crippen molar-refractivity contribution in [3.63, 3.8) is 0 Å². The largest absolute Gasteiger partial charge is 0.455 e. The second kappa shape index (κ2) is 6.90. The van der Waals surface area contributed by atoms with Crippen LogP contribution in [0.2, 0.25) is 0 Å². The van der Waals surface area contributed by atoms with E-state index in [0.717, 1.165) is 66.3 Å². The van der Waals surface area contributed by atoms with E-state index in [9.17, 15) is 0 Å². The number of nitrogens with zero attached hydrogens (tertiary/aromatic N) is 1. The van der Waals surface area contributed by atoms with E-state index >= 15 is 0 Å². The molecule has 6 aromatic rings. The zero-order valence-corrected chi connectivity index (χ0v) is 18.7. The summed E-state index contributed by atoms with van der Waals surface area (Å²) in [6, 6.07) is 27.3. The molecule has 4 nitrogen and oxygen atoms in total. The van der Waals surface area contributed by atoms with Crippen molar-refractivity contribution in [2.45, 2.75) is 6.17 Å². The number of fused-ring (bicyclic) bond motifs is 7. The van der Waals surface area contributed by atoms with E-state index in [1.54, 1.807) is 0 Å². The van der Waals surface area contributed by atoms with Crippen LogP contribution in [0, 0.1) is 0 Å². The number of furan rings is 2. The molecule has 0 saturated heterocycles. The van der Waals surface area contributed by atoms with Gasteiger partial charge in [0.25, 0.3) is 0 Å². The van der Waals surface area contributed by atoms with Crippen LogP contribution in [0.25, 0.3) is 60.7 Å². The van der Waals surface area contributed by atoms with Gasteiger partial charge in [0.05, 0.1) is 11.3 Å². The lowest BCUT2D eigenvalue weighted by molar-refractivity contribution is 0.427. The molecular formula is C31H20N2O2. The Morgan fingerprint density at radius 1 is 0.657 bits per heavy atom. The Morgan fingerprint density at radius 2 is 1.34 bits per heavy atom. The predicted molar refractivity (Wildman–Crippen MR) is 141 cm³/mol. The van der Waals surface area contributed by atoms with Crippen molar-refractivity contribution >= 4 is 49.6 Å². The fourth-order valence-electron chi connectivity index (χ4n) is 5.40. The van der Waals surface area contributed by atoms with Crippen LogP contribution >= 0.6 is 0 Å². The van der Waals surface area contributed by atoms with E-state index in [4.69, 9.17) is 8.83 Å². The molecule has 0 radical (unpaired) electrons. The normalized spacial score (nSPS) is 17.0. The van der Waals surface area contributed by atoms with Gasteiger partial charge in [0.2, 0.25) is 0 Å². The number of allylic oxidation sites excluding steroid dienone is 2. The fraction of sp³-hybridized carbons (Fsp3) is 0.0323. The van der Waals surface area contributed by atoms with E-state index in [1.807, 2.05) is 24.3 Å². The number of benzene rings is 4. The van der Waals surface area contributed by atoms with Crippen molar-refractivity contribution in [2.24, 2.45) is 0 Å². The summed E-state index contributed by atoms with van der Waals surface area (Å²) in [5, 5.41) is 8.04. The minimum absolute atomic E-state index is 0.152. The summed E-state index contributed by atoms with van der Waals surface area (Å²) in [6.45, 7) is 0. The van der Waals surface area contributed by atoms with Crippen LogP contribution in [0.1, 0.15) is 5.56 Å². The van der Waals surface area contributed by atoms with Gasteiger partial charge in [0, 0.05) is 33.9 Å². The molecule has 1 unspecified atom stereocenters. The van der Waals surface area contributed by atoms with Gasteiger partial charge in [0.1, 0.15) is 28.5 Å². The molecule has 0 bridgehead atoms. The highest BCUT2D eigenvalue weighted by molar-refractivity contribution is 6.22. The van der Waals surface area contributed by atoms with Crippen LogP contribution in [-0.4, -0.2) is 11.1 Å². The van der Waals surface area contributed by atoms with Gasteiger partial charge in [-0.3, -0.25) is 0 Å². The zero-order valence-electron chi connectivity index (χ0n) is 18.7.